The topological polar surface area (TPSA) is 116 Å². The SMILES string of the molecule is CC(C)(C)[Si](C)(C)OCc1cccc(-c2cnc(N3CC(=NOCC(CCCCC(=O)O)COC4CCCCO4)C3)nc2)c1F. The number of aliphatic carboxylic acids is 1. The molecule has 2 unspecified atom stereocenters. The number of unbranched alkanes of at least 4 members (excludes halogenated alkanes) is 1. The van der Waals surface area contributed by atoms with Gasteiger partial charge in [0.25, 0.3) is 0 Å². The van der Waals surface area contributed by atoms with Crippen LogP contribution in [0.4, 0.5) is 10.3 Å². The van der Waals surface area contributed by atoms with Gasteiger partial charge in [-0.05, 0) is 50.2 Å². The van der Waals surface area contributed by atoms with Crippen molar-refractivity contribution in [3.63, 3.8) is 0 Å². The van der Waals surface area contributed by atoms with Crippen LogP contribution < -0.4 is 4.90 Å². The Kier molecular flexibility index (Phi) is 12.5. The van der Waals surface area contributed by atoms with E-state index < -0.39 is 14.3 Å². The highest BCUT2D eigenvalue weighted by Gasteiger charge is 2.37. The van der Waals surface area contributed by atoms with Crippen molar-refractivity contribution in [2.24, 2.45) is 11.1 Å². The Morgan fingerprint density at radius 1 is 1.18 bits per heavy atom. The van der Waals surface area contributed by atoms with Gasteiger partial charge < -0.3 is 28.7 Å². The molecule has 0 aliphatic carbocycles. The highest BCUT2D eigenvalue weighted by molar-refractivity contribution is 6.74. The summed E-state index contributed by atoms with van der Waals surface area (Å²) in [5.74, 6) is -0.441. The smallest absolute Gasteiger partial charge is 0.303 e. The summed E-state index contributed by atoms with van der Waals surface area (Å²) in [5, 5.41) is 13.3. The lowest BCUT2D eigenvalue weighted by Crippen LogP contribution is -2.48. The van der Waals surface area contributed by atoms with E-state index in [4.69, 9.17) is 23.8 Å². The molecule has 2 saturated heterocycles. The van der Waals surface area contributed by atoms with Crippen LogP contribution in [0.2, 0.25) is 18.1 Å². The lowest BCUT2D eigenvalue weighted by Gasteiger charge is -2.36. The molecule has 2 aromatic rings. The van der Waals surface area contributed by atoms with E-state index in [0.717, 1.165) is 44.4 Å². The normalized spacial score (nSPS) is 18.0. The second-order valence-electron chi connectivity index (χ2n) is 13.5. The standard InChI is InChI=1S/C33H49FN4O6Si/c1-33(2,3)45(4,5)44-23-25-12-10-13-28(31(25)34)26-17-35-32(36-18-26)38-19-27(20-38)37-43-22-24(11-6-7-14-29(39)40)21-42-30-15-8-9-16-41-30/h10,12-13,17-18,24,30H,6-9,11,14-16,19-23H2,1-5H3,(H,39,40). The molecule has 45 heavy (non-hydrogen) atoms. The van der Waals surface area contributed by atoms with Crippen LogP contribution in [-0.2, 0) is 30.1 Å². The minimum atomic E-state index is -2.01. The molecule has 0 radical (unpaired) electrons. The highest BCUT2D eigenvalue weighted by atomic mass is 28.4. The number of benzene rings is 1. The first-order chi connectivity index (χ1) is 21.4. The summed E-state index contributed by atoms with van der Waals surface area (Å²) in [5.41, 5.74) is 2.47. The first kappa shape index (κ1) is 34.9. The Morgan fingerprint density at radius 2 is 1.93 bits per heavy atom. The third-order valence-corrected chi connectivity index (χ3v) is 13.3. The third kappa shape index (κ3) is 10.3. The van der Waals surface area contributed by atoms with Crippen molar-refractivity contribution in [1.29, 1.82) is 0 Å². The molecular formula is C33H49FN4O6Si. The Bertz CT molecular complexity index is 1270. The quantitative estimate of drug-likeness (QED) is 0.120. The molecule has 2 aliphatic rings. The summed E-state index contributed by atoms with van der Waals surface area (Å²) in [4.78, 5) is 27.5. The molecule has 248 valence electrons. The van der Waals surface area contributed by atoms with Gasteiger partial charge in [-0.1, -0.05) is 50.5 Å². The molecule has 12 heteroatoms. The van der Waals surface area contributed by atoms with Gasteiger partial charge in [-0.25, -0.2) is 14.4 Å². The van der Waals surface area contributed by atoms with E-state index in [1.165, 1.54) is 0 Å². The number of carboxylic acid groups (broad SMARTS) is 1. The number of hydrogen-bond acceptors (Lipinski definition) is 9. The number of rotatable bonds is 16. The molecule has 2 atom stereocenters. The Morgan fingerprint density at radius 3 is 2.60 bits per heavy atom. The van der Waals surface area contributed by atoms with Crippen molar-refractivity contribution >= 4 is 25.9 Å². The van der Waals surface area contributed by atoms with Crippen molar-refractivity contribution in [3.05, 3.63) is 42.0 Å². The summed E-state index contributed by atoms with van der Waals surface area (Å²) in [7, 11) is -2.01. The van der Waals surface area contributed by atoms with Gasteiger partial charge in [-0.15, -0.1) is 0 Å². The van der Waals surface area contributed by atoms with Crippen molar-refractivity contribution < 1.29 is 33.0 Å². The number of halogens is 1. The Balaban J connectivity index is 1.26. The monoisotopic (exact) mass is 644 g/mol. The molecule has 2 aliphatic heterocycles. The molecular weight excluding hydrogens is 595 g/mol. The fourth-order valence-electron chi connectivity index (χ4n) is 4.85. The minimum Gasteiger partial charge on any atom is -0.481 e. The number of anilines is 1. The number of aromatic nitrogens is 2. The largest absolute Gasteiger partial charge is 0.481 e. The van der Waals surface area contributed by atoms with Crippen molar-refractivity contribution in [3.8, 4) is 11.1 Å². The molecule has 2 fully saturated rings. The lowest BCUT2D eigenvalue weighted by molar-refractivity contribution is -0.172. The number of hydrogen-bond donors (Lipinski definition) is 1. The van der Waals surface area contributed by atoms with Crippen LogP contribution in [0.1, 0.15) is 71.3 Å². The summed E-state index contributed by atoms with van der Waals surface area (Å²) in [6, 6.07) is 5.34. The zero-order valence-corrected chi connectivity index (χ0v) is 28.4. The number of ether oxygens (including phenoxy) is 2. The summed E-state index contributed by atoms with van der Waals surface area (Å²) < 4.78 is 33.4. The molecule has 0 bridgehead atoms. The maximum Gasteiger partial charge on any atom is 0.303 e. The minimum absolute atomic E-state index is 0.0458. The van der Waals surface area contributed by atoms with Crippen molar-refractivity contribution in [1.82, 2.24) is 9.97 Å². The number of carbonyl (C=O) groups is 1. The molecule has 4 rings (SSSR count). The Labute approximate surface area is 267 Å². The van der Waals surface area contributed by atoms with E-state index in [1.807, 2.05) is 11.0 Å². The van der Waals surface area contributed by atoms with Crippen LogP contribution in [0.3, 0.4) is 0 Å². The molecule has 0 saturated carbocycles. The fraction of sp³-hybridized carbons (Fsp3) is 0.636. The van der Waals surface area contributed by atoms with E-state index in [1.54, 1.807) is 24.5 Å². The molecule has 10 nitrogen and oxygen atoms in total. The fourth-order valence-corrected chi connectivity index (χ4v) is 5.80. The van der Waals surface area contributed by atoms with Gasteiger partial charge in [0, 0.05) is 48.0 Å². The summed E-state index contributed by atoms with van der Waals surface area (Å²) >= 11 is 0. The maximum absolute atomic E-state index is 15.5. The predicted molar refractivity (Wildman–Crippen MR) is 174 cm³/mol. The van der Waals surface area contributed by atoms with Crippen LogP contribution in [0.15, 0.2) is 35.7 Å². The van der Waals surface area contributed by atoms with Crippen LogP contribution in [0.5, 0.6) is 0 Å². The predicted octanol–water partition coefficient (Wildman–Crippen LogP) is 6.80. The van der Waals surface area contributed by atoms with Gasteiger partial charge in [0.2, 0.25) is 5.95 Å². The van der Waals surface area contributed by atoms with Crippen LogP contribution in [0.25, 0.3) is 11.1 Å². The first-order valence-electron chi connectivity index (χ1n) is 16.0. The highest BCUT2D eigenvalue weighted by Crippen LogP contribution is 2.37. The summed E-state index contributed by atoms with van der Waals surface area (Å²) in [6.45, 7) is 13.7. The van der Waals surface area contributed by atoms with E-state index in [-0.39, 0.29) is 36.1 Å². The van der Waals surface area contributed by atoms with Crippen LogP contribution in [-0.4, -0.2) is 74.3 Å². The van der Waals surface area contributed by atoms with Gasteiger partial charge in [0.15, 0.2) is 14.6 Å². The van der Waals surface area contributed by atoms with E-state index >= 15 is 4.39 Å². The van der Waals surface area contributed by atoms with E-state index in [9.17, 15) is 4.79 Å². The average molecular weight is 645 g/mol. The van der Waals surface area contributed by atoms with Gasteiger partial charge in [0.1, 0.15) is 12.4 Å². The van der Waals surface area contributed by atoms with Gasteiger partial charge in [-0.2, -0.15) is 0 Å². The molecule has 1 aromatic heterocycles. The second kappa shape index (κ2) is 16.1. The summed E-state index contributed by atoms with van der Waals surface area (Å²) in [6.07, 6.45) is 8.53. The van der Waals surface area contributed by atoms with E-state index in [2.05, 4.69) is 49.0 Å². The van der Waals surface area contributed by atoms with Gasteiger partial charge in [-0.3, -0.25) is 4.79 Å². The molecule has 3 heterocycles. The van der Waals surface area contributed by atoms with E-state index in [0.29, 0.717) is 55.4 Å². The first-order valence-corrected chi connectivity index (χ1v) is 18.9. The van der Waals surface area contributed by atoms with Gasteiger partial charge >= 0.3 is 5.97 Å². The zero-order valence-electron chi connectivity index (χ0n) is 27.4. The van der Waals surface area contributed by atoms with Gasteiger partial charge in [0.05, 0.1) is 32.0 Å². The molecule has 1 N–H and O–H groups in total. The Hall–Kier alpha value is -2.93. The number of carboxylic acids is 1. The molecule has 0 spiro atoms. The number of nitrogens with zero attached hydrogens (tertiary/aromatic N) is 4. The van der Waals surface area contributed by atoms with Crippen LogP contribution in [0, 0.1) is 11.7 Å². The molecule has 1 aromatic carbocycles. The third-order valence-electron chi connectivity index (χ3n) is 8.86. The molecule has 0 amide bonds. The lowest BCUT2D eigenvalue weighted by atomic mass is 10.0. The maximum atomic E-state index is 15.5. The van der Waals surface area contributed by atoms with Crippen LogP contribution >= 0.6 is 0 Å². The second-order valence-corrected chi connectivity index (χ2v) is 18.4. The number of oxime groups is 1. The average Bonchev–Trinajstić information content (AvgIpc) is 2.98. The van der Waals surface area contributed by atoms with Crippen molar-refractivity contribution in [2.75, 3.05) is 37.8 Å². The van der Waals surface area contributed by atoms with Crippen molar-refractivity contribution in [2.45, 2.75) is 96.7 Å². The zero-order chi connectivity index (χ0) is 32.5.